The maximum absolute atomic E-state index is 12.6. The van der Waals surface area contributed by atoms with E-state index in [4.69, 9.17) is 14.2 Å². The molecule has 0 aromatic heterocycles. The number of fused-ring (bicyclic) bond motifs is 1. The van der Waals surface area contributed by atoms with Crippen LogP contribution in [0.2, 0.25) is 0 Å². The zero-order valence-corrected chi connectivity index (χ0v) is 20.7. The maximum atomic E-state index is 12.6. The molecule has 2 heterocycles. The standard InChI is InChI=1S/C24H36N4O6/c1-16(2)28(23(31)34-24(3,4)5)13-17-7-6-10-27(12-17)14-21(29)26-22(30)25-18-8-9-19-20(11-18)33-15-32-19/h8-9,11,16-17H,6-7,10,12-15H2,1-5H3,(H2,25,26,29,30). The molecule has 2 aliphatic heterocycles. The highest BCUT2D eigenvalue weighted by Gasteiger charge is 2.29. The number of urea groups is 1. The molecule has 1 aromatic rings. The Kier molecular flexibility index (Phi) is 8.24. The Bertz CT molecular complexity index is 898. The molecule has 2 N–H and O–H groups in total. The number of hydrogen-bond acceptors (Lipinski definition) is 7. The van der Waals surface area contributed by atoms with Gasteiger partial charge in [0, 0.05) is 30.9 Å². The first-order valence-corrected chi connectivity index (χ1v) is 11.7. The average molecular weight is 477 g/mol. The summed E-state index contributed by atoms with van der Waals surface area (Å²) >= 11 is 0. The van der Waals surface area contributed by atoms with Crippen LogP contribution in [0.1, 0.15) is 47.5 Å². The highest BCUT2D eigenvalue weighted by Crippen LogP contribution is 2.34. The van der Waals surface area contributed by atoms with Crippen molar-refractivity contribution < 1.29 is 28.6 Å². The molecule has 1 fully saturated rings. The number of hydrogen-bond donors (Lipinski definition) is 2. The van der Waals surface area contributed by atoms with Gasteiger partial charge in [0.25, 0.3) is 0 Å². The van der Waals surface area contributed by atoms with Crippen LogP contribution in [0.25, 0.3) is 0 Å². The lowest BCUT2D eigenvalue weighted by molar-refractivity contribution is -0.121. The van der Waals surface area contributed by atoms with Crippen molar-refractivity contribution in [2.45, 2.75) is 59.1 Å². The first-order chi connectivity index (χ1) is 16.0. The van der Waals surface area contributed by atoms with Crippen molar-refractivity contribution in [3.63, 3.8) is 0 Å². The fourth-order valence-corrected chi connectivity index (χ4v) is 4.04. The molecule has 4 amide bonds. The van der Waals surface area contributed by atoms with Gasteiger partial charge in [0.1, 0.15) is 5.60 Å². The van der Waals surface area contributed by atoms with Gasteiger partial charge < -0.3 is 24.4 Å². The Hall–Kier alpha value is -3.01. The van der Waals surface area contributed by atoms with E-state index in [1.807, 2.05) is 39.5 Å². The monoisotopic (exact) mass is 476 g/mol. The SMILES string of the molecule is CC(C)N(CC1CCCN(CC(=O)NC(=O)Nc2ccc3c(c2)OCO3)C1)C(=O)OC(C)(C)C. The Balaban J connectivity index is 1.47. The zero-order valence-electron chi connectivity index (χ0n) is 20.7. The molecule has 0 bridgehead atoms. The second kappa shape index (κ2) is 10.9. The van der Waals surface area contributed by atoms with Crippen LogP contribution < -0.4 is 20.1 Å². The molecule has 10 nitrogen and oxygen atoms in total. The molecule has 0 saturated carbocycles. The van der Waals surface area contributed by atoms with Crippen LogP contribution in [0.15, 0.2) is 18.2 Å². The number of benzene rings is 1. The molecular weight excluding hydrogens is 440 g/mol. The van der Waals surface area contributed by atoms with Gasteiger partial charge in [-0.1, -0.05) is 0 Å². The fraction of sp³-hybridized carbons (Fsp3) is 0.625. The van der Waals surface area contributed by atoms with Crippen molar-refractivity contribution in [2.24, 2.45) is 5.92 Å². The molecule has 10 heteroatoms. The fourth-order valence-electron chi connectivity index (χ4n) is 4.04. The zero-order chi connectivity index (χ0) is 24.9. The van der Waals surface area contributed by atoms with Crippen LogP contribution in [0.4, 0.5) is 15.3 Å². The first kappa shape index (κ1) is 25.6. The van der Waals surface area contributed by atoms with Gasteiger partial charge in [-0.2, -0.15) is 0 Å². The van der Waals surface area contributed by atoms with E-state index in [1.165, 1.54) is 0 Å². The number of nitrogens with one attached hydrogen (secondary N) is 2. The number of carbonyl (C=O) groups excluding carboxylic acids is 3. The third kappa shape index (κ3) is 7.51. The molecular formula is C24H36N4O6. The predicted octanol–water partition coefficient (Wildman–Crippen LogP) is 3.42. The lowest BCUT2D eigenvalue weighted by Gasteiger charge is -2.37. The van der Waals surface area contributed by atoms with E-state index >= 15 is 0 Å². The van der Waals surface area contributed by atoms with Crippen LogP contribution in [-0.4, -0.2) is 72.4 Å². The number of piperidine rings is 1. The number of rotatable bonds is 6. The summed E-state index contributed by atoms with van der Waals surface area (Å²) < 4.78 is 16.1. The van der Waals surface area contributed by atoms with Crippen molar-refractivity contribution in [3.8, 4) is 11.5 Å². The quantitative estimate of drug-likeness (QED) is 0.647. The van der Waals surface area contributed by atoms with Gasteiger partial charge in [-0.3, -0.25) is 15.0 Å². The minimum atomic E-state index is -0.603. The Labute approximate surface area is 200 Å². The van der Waals surface area contributed by atoms with E-state index in [0.717, 1.165) is 19.4 Å². The lowest BCUT2D eigenvalue weighted by Crippen LogP contribution is -2.49. The first-order valence-electron chi connectivity index (χ1n) is 11.7. The summed E-state index contributed by atoms with van der Waals surface area (Å²) in [5, 5.41) is 5.01. The van der Waals surface area contributed by atoms with E-state index < -0.39 is 11.6 Å². The molecule has 0 aliphatic carbocycles. The van der Waals surface area contributed by atoms with Gasteiger partial charge in [0.05, 0.1) is 6.54 Å². The summed E-state index contributed by atoms with van der Waals surface area (Å²) in [5.74, 6) is 1.00. The summed E-state index contributed by atoms with van der Waals surface area (Å²) in [4.78, 5) is 41.1. The van der Waals surface area contributed by atoms with Crippen molar-refractivity contribution in [1.82, 2.24) is 15.1 Å². The molecule has 1 atom stereocenters. The molecule has 1 saturated heterocycles. The third-order valence-corrected chi connectivity index (χ3v) is 5.56. The van der Waals surface area contributed by atoms with Crippen molar-refractivity contribution >= 4 is 23.7 Å². The normalized spacial score (nSPS) is 17.9. The molecule has 188 valence electrons. The van der Waals surface area contributed by atoms with Gasteiger partial charge in [-0.05, 0) is 72.1 Å². The number of anilines is 1. The van der Waals surface area contributed by atoms with Crippen molar-refractivity contribution in [2.75, 3.05) is 38.3 Å². The minimum Gasteiger partial charge on any atom is -0.454 e. The molecule has 2 aliphatic rings. The summed E-state index contributed by atoms with van der Waals surface area (Å²) in [7, 11) is 0. The Morgan fingerprint density at radius 1 is 1.21 bits per heavy atom. The average Bonchev–Trinajstić information content (AvgIpc) is 3.18. The summed E-state index contributed by atoms with van der Waals surface area (Å²) in [6.07, 6.45) is 1.56. The number of nitrogens with zero attached hydrogens (tertiary/aromatic N) is 2. The summed E-state index contributed by atoms with van der Waals surface area (Å²) in [6, 6.07) is 4.43. The molecule has 1 aromatic carbocycles. The number of ether oxygens (including phenoxy) is 3. The second-order valence-corrected chi connectivity index (χ2v) is 10.0. The highest BCUT2D eigenvalue weighted by atomic mass is 16.7. The number of likely N-dealkylation sites (tertiary alicyclic amines) is 1. The Morgan fingerprint density at radius 2 is 1.94 bits per heavy atom. The van der Waals surface area contributed by atoms with E-state index in [2.05, 4.69) is 10.6 Å². The van der Waals surface area contributed by atoms with E-state index in [-0.39, 0.29) is 37.3 Å². The van der Waals surface area contributed by atoms with Crippen LogP contribution in [0.3, 0.4) is 0 Å². The van der Waals surface area contributed by atoms with E-state index in [0.29, 0.717) is 30.3 Å². The van der Waals surface area contributed by atoms with Crippen LogP contribution >= 0.6 is 0 Å². The lowest BCUT2D eigenvalue weighted by atomic mass is 9.97. The van der Waals surface area contributed by atoms with Gasteiger partial charge in [-0.15, -0.1) is 0 Å². The molecule has 3 rings (SSSR count). The van der Waals surface area contributed by atoms with Crippen LogP contribution in [-0.2, 0) is 9.53 Å². The number of imide groups is 1. The topological polar surface area (TPSA) is 109 Å². The number of amides is 4. The maximum Gasteiger partial charge on any atom is 0.410 e. The van der Waals surface area contributed by atoms with E-state index in [9.17, 15) is 14.4 Å². The molecule has 0 radical (unpaired) electrons. The van der Waals surface area contributed by atoms with Crippen molar-refractivity contribution in [1.29, 1.82) is 0 Å². The summed E-state index contributed by atoms with van der Waals surface area (Å²) in [5.41, 5.74) is -0.0502. The number of carbonyl (C=O) groups is 3. The Morgan fingerprint density at radius 3 is 2.65 bits per heavy atom. The molecule has 34 heavy (non-hydrogen) atoms. The molecule has 1 unspecified atom stereocenters. The minimum absolute atomic E-state index is 0.00778. The van der Waals surface area contributed by atoms with Crippen LogP contribution in [0.5, 0.6) is 11.5 Å². The predicted molar refractivity (Wildman–Crippen MR) is 127 cm³/mol. The van der Waals surface area contributed by atoms with Gasteiger partial charge in [0.2, 0.25) is 12.7 Å². The van der Waals surface area contributed by atoms with Gasteiger partial charge in [-0.25, -0.2) is 9.59 Å². The smallest absolute Gasteiger partial charge is 0.410 e. The van der Waals surface area contributed by atoms with Gasteiger partial charge >= 0.3 is 12.1 Å². The van der Waals surface area contributed by atoms with Crippen LogP contribution in [0, 0.1) is 5.92 Å². The largest absolute Gasteiger partial charge is 0.454 e. The van der Waals surface area contributed by atoms with Crippen molar-refractivity contribution in [3.05, 3.63) is 18.2 Å². The second-order valence-electron chi connectivity index (χ2n) is 10.0. The third-order valence-electron chi connectivity index (χ3n) is 5.56. The summed E-state index contributed by atoms with van der Waals surface area (Å²) in [6.45, 7) is 11.8. The highest BCUT2D eigenvalue weighted by molar-refractivity contribution is 6.01. The molecule has 0 spiro atoms. The van der Waals surface area contributed by atoms with E-state index in [1.54, 1.807) is 23.1 Å². The van der Waals surface area contributed by atoms with Gasteiger partial charge in [0.15, 0.2) is 11.5 Å².